The van der Waals surface area contributed by atoms with Crippen molar-refractivity contribution >= 4 is 17.6 Å². The second kappa shape index (κ2) is 23.4. The lowest BCUT2D eigenvalue weighted by Crippen LogP contribution is -2.14. The van der Waals surface area contributed by atoms with Crippen LogP contribution >= 0.6 is 0 Å². The minimum Gasteiger partial charge on any atom is -0.462 e. The van der Waals surface area contributed by atoms with E-state index in [1.165, 1.54) is 83.5 Å². The minimum absolute atomic E-state index is 0.0833. The first-order valence-corrected chi connectivity index (χ1v) is 14.8. The van der Waals surface area contributed by atoms with Crippen molar-refractivity contribution in [2.45, 2.75) is 129 Å². The van der Waals surface area contributed by atoms with Gasteiger partial charge in [0.1, 0.15) is 13.2 Å². The van der Waals surface area contributed by atoms with Gasteiger partial charge in [0, 0.05) is 18.7 Å². The van der Waals surface area contributed by atoms with Crippen LogP contribution in [0.3, 0.4) is 0 Å². The standard InChI is InChI=1S/C31H53NO4/c1-3-5-7-8-9-10-11-12-13-14-15-16-17-18-19-20-30(33)35-26-27-36-31(34)28-21-23-29(24-22-28)32-25-6-4-2/h21-24,32H,3-20,25-27H2,1-2H3. The monoisotopic (exact) mass is 503 g/mol. The molecular formula is C31H53NO4. The molecule has 1 aromatic rings. The van der Waals surface area contributed by atoms with Crippen molar-refractivity contribution in [3.05, 3.63) is 29.8 Å². The average molecular weight is 504 g/mol. The number of hydrogen-bond donors (Lipinski definition) is 1. The number of esters is 2. The Kier molecular flexibility index (Phi) is 20.8. The van der Waals surface area contributed by atoms with E-state index in [-0.39, 0.29) is 19.2 Å². The molecule has 0 bridgehead atoms. The van der Waals surface area contributed by atoms with E-state index in [0.29, 0.717) is 12.0 Å². The lowest BCUT2D eigenvalue weighted by Gasteiger charge is -2.08. The van der Waals surface area contributed by atoms with E-state index >= 15 is 0 Å². The zero-order chi connectivity index (χ0) is 26.1. The zero-order valence-corrected chi connectivity index (χ0v) is 23.3. The molecule has 0 saturated heterocycles. The molecule has 0 amide bonds. The fraction of sp³-hybridized carbons (Fsp3) is 0.742. The highest BCUT2D eigenvalue weighted by Gasteiger charge is 2.08. The van der Waals surface area contributed by atoms with Gasteiger partial charge in [0.2, 0.25) is 0 Å². The van der Waals surface area contributed by atoms with Crippen LogP contribution in [0.15, 0.2) is 24.3 Å². The zero-order valence-electron chi connectivity index (χ0n) is 23.3. The van der Waals surface area contributed by atoms with E-state index in [4.69, 9.17) is 9.47 Å². The third-order valence-corrected chi connectivity index (χ3v) is 6.54. The fourth-order valence-corrected chi connectivity index (χ4v) is 4.22. The van der Waals surface area contributed by atoms with Gasteiger partial charge in [-0.2, -0.15) is 0 Å². The Balaban J connectivity index is 1.90. The highest BCUT2D eigenvalue weighted by atomic mass is 16.6. The number of unbranched alkanes of at least 4 members (excludes halogenated alkanes) is 15. The van der Waals surface area contributed by atoms with E-state index in [1.807, 2.05) is 12.1 Å². The smallest absolute Gasteiger partial charge is 0.338 e. The molecule has 1 rings (SSSR count). The summed E-state index contributed by atoms with van der Waals surface area (Å²) in [6.07, 6.45) is 22.3. The third-order valence-electron chi connectivity index (χ3n) is 6.54. The normalized spacial score (nSPS) is 10.8. The maximum Gasteiger partial charge on any atom is 0.338 e. The second-order valence-electron chi connectivity index (χ2n) is 9.91. The maximum atomic E-state index is 12.1. The number of hydrogen-bond acceptors (Lipinski definition) is 5. The molecule has 0 saturated carbocycles. The Morgan fingerprint density at radius 3 is 1.61 bits per heavy atom. The van der Waals surface area contributed by atoms with Crippen molar-refractivity contribution in [3.63, 3.8) is 0 Å². The van der Waals surface area contributed by atoms with Crippen molar-refractivity contribution in [1.29, 1.82) is 0 Å². The highest BCUT2D eigenvalue weighted by Crippen LogP contribution is 2.14. The van der Waals surface area contributed by atoms with Crippen LogP contribution in [-0.4, -0.2) is 31.7 Å². The van der Waals surface area contributed by atoms with Crippen LogP contribution < -0.4 is 5.32 Å². The van der Waals surface area contributed by atoms with E-state index < -0.39 is 5.97 Å². The summed E-state index contributed by atoms with van der Waals surface area (Å²) >= 11 is 0. The van der Waals surface area contributed by atoms with Gasteiger partial charge >= 0.3 is 11.9 Å². The third kappa shape index (κ3) is 18.3. The largest absolute Gasteiger partial charge is 0.462 e. The van der Waals surface area contributed by atoms with E-state index in [1.54, 1.807) is 12.1 Å². The van der Waals surface area contributed by atoms with Gasteiger partial charge < -0.3 is 14.8 Å². The number of rotatable bonds is 24. The molecule has 206 valence electrons. The Morgan fingerprint density at radius 1 is 0.611 bits per heavy atom. The molecule has 0 aromatic heterocycles. The predicted molar refractivity (Wildman–Crippen MR) is 151 cm³/mol. The maximum absolute atomic E-state index is 12.1. The van der Waals surface area contributed by atoms with Gasteiger partial charge in [-0.1, -0.05) is 110 Å². The molecule has 0 radical (unpaired) electrons. The van der Waals surface area contributed by atoms with E-state index in [0.717, 1.165) is 37.9 Å². The molecule has 0 unspecified atom stereocenters. The van der Waals surface area contributed by atoms with Crippen molar-refractivity contribution in [1.82, 2.24) is 0 Å². The Labute approximate surface area is 221 Å². The molecule has 0 aliphatic carbocycles. The summed E-state index contributed by atoms with van der Waals surface area (Å²) < 4.78 is 10.4. The molecule has 5 nitrogen and oxygen atoms in total. The van der Waals surface area contributed by atoms with Gasteiger partial charge in [0.05, 0.1) is 5.56 Å². The van der Waals surface area contributed by atoms with E-state index in [2.05, 4.69) is 19.2 Å². The number of carbonyl (C=O) groups is 2. The van der Waals surface area contributed by atoms with Gasteiger partial charge in [-0.05, 0) is 37.1 Å². The van der Waals surface area contributed by atoms with Crippen LogP contribution in [0.5, 0.6) is 0 Å². The predicted octanol–water partition coefficient (Wildman–Crippen LogP) is 8.86. The number of benzene rings is 1. The highest BCUT2D eigenvalue weighted by molar-refractivity contribution is 5.89. The summed E-state index contributed by atoms with van der Waals surface area (Å²) in [5.74, 6) is -0.600. The number of ether oxygens (including phenoxy) is 2. The minimum atomic E-state index is -0.395. The first-order chi connectivity index (χ1) is 17.7. The quantitative estimate of drug-likeness (QED) is 0.113. The van der Waals surface area contributed by atoms with Gasteiger partial charge in [-0.15, -0.1) is 0 Å². The van der Waals surface area contributed by atoms with Crippen LogP contribution in [0.25, 0.3) is 0 Å². The first kappa shape index (κ1) is 32.0. The summed E-state index contributed by atoms with van der Waals surface area (Å²) in [5.41, 5.74) is 1.49. The van der Waals surface area contributed by atoms with Crippen LogP contribution in [0, 0.1) is 0 Å². The molecule has 0 aliphatic heterocycles. The van der Waals surface area contributed by atoms with Gasteiger partial charge in [-0.25, -0.2) is 4.79 Å². The number of nitrogens with one attached hydrogen (secondary N) is 1. The summed E-state index contributed by atoms with van der Waals surface area (Å²) in [6, 6.07) is 7.26. The van der Waals surface area contributed by atoms with Gasteiger partial charge in [-0.3, -0.25) is 4.79 Å². The van der Waals surface area contributed by atoms with Gasteiger partial charge in [0.15, 0.2) is 0 Å². The fourth-order valence-electron chi connectivity index (χ4n) is 4.22. The van der Waals surface area contributed by atoms with E-state index in [9.17, 15) is 9.59 Å². The van der Waals surface area contributed by atoms with Crippen molar-refractivity contribution in [3.8, 4) is 0 Å². The lowest BCUT2D eigenvalue weighted by molar-refractivity contribution is -0.144. The van der Waals surface area contributed by atoms with Gasteiger partial charge in [0.25, 0.3) is 0 Å². The van der Waals surface area contributed by atoms with Crippen LogP contribution in [0.1, 0.15) is 140 Å². The van der Waals surface area contributed by atoms with Crippen molar-refractivity contribution in [2.24, 2.45) is 0 Å². The second-order valence-corrected chi connectivity index (χ2v) is 9.91. The molecule has 0 fully saturated rings. The molecule has 1 N–H and O–H groups in total. The van der Waals surface area contributed by atoms with Crippen LogP contribution in [0.4, 0.5) is 5.69 Å². The summed E-state index contributed by atoms with van der Waals surface area (Å²) in [6.45, 7) is 5.54. The molecule has 0 atom stereocenters. The van der Waals surface area contributed by atoms with Crippen molar-refractivity contribution < 1.29 is 19.1 Å². The Hall–Kier alpha value is -2.04. The summed E-state index contributed by atoms with van der Waals surface area (Å²) in [5, 5.41) is 3.31. The van der Waals surface area contributed by atoms with Crippen LogP contribution in [-0.2, 0) is 14.3 Å². The lowest BCUT2D eigenvalue weighted by atomic mass is 10.0. The first-order valence-electron chi connectivity index (χ1n) is 14.8. The summed E-state index contributed by atoms with van der Waals surface area (Å²) in [4.78, 5) is 24.0. The molecule has 36 heavy (non-hydrogen) atoms. The Bertz CT molecular complexity index is 659. The Morgan fingerprint density at radius 2 is 1.08 bits per heavy atom. The number of anilines is 1. The average Bonchev–Trinajstić information content (AvgIpc) is 2.89. The molecule has 0 aliphatic rings. The molecule has 5 heteroatoms. The molecule has 0 spiro atoms. The molecular weight excluding hydrogens is 450 g/mol. The SMILES string of the molecule is CCCCCCCCCCCCCCCCCC(=O)OCCOC(=O)c1ccc(NCCCC)cc1. The van der Waals surface area contributed by atoms with Crippen molar-refractivity contribution in [2.75, 3.05) is 25.1 Å². The molecule has 0 heterocycles. The van der Waals surface area contributed by atoms with Crippen LogP contribution in [0.2, 0.25) is 0 Å². The number of carbonyl (C=O) groups excluding carboxylic acids is 2. The topological polar surface area (TPSA) is 64.6 Å². The summed E-state index contributed by atoms with van der Waals surface area (Å²) in [7, 11) is 0. The molecule has 1 aromatic carbocycles.